The number of esters is 1. The molecule has 0 spiro atoms. The number of nitrogens with one attached hydrogen (secondary N) is 1. The Morgan fingerprint density at radius 1 is 1.36 bits per heavy atom. The second-order valence-electron chi connectivity index (χ2n) is 5.47. The average Bonchev–Trinajstić information content (AvgIpc) is 2.61. The monoisotopic (exact) mass is 350 g/mol. The van der Waals surface area contributed by atoms with Gasteiger partial charge in [0, 0.05) is 20.2 Å². The molecule has 8 heteroatoms. The summed E-state index contributed by atoms with van der Waals surface area (Å²) in [6.07, 6.45) is -0.924. The van der Waals surface area contributed by atoms with Gasteiger partial charge in [-0.15, -0.1) is 0 Å². The zero-order valence-corrected chi connectivity index (χ0v) is 14.3. The lowest BCUT2D eigenvalue weighted by molar-refractivity contribution is -0.154. The molecule has 8 nitrogen and oxygen atoms in total. The second kappa shape index (κ2) is 9.03. The molecular formula is C17H22N2O6. The number of hydrogen-bond acceptors (Lipinski definition) is 6. The van der Waals surface area contributed by atoms with E-state index < -0.39 is 18.0 Å². The van der Waals surface area contributed by atoms with Crippen LogP contribution in [0.1, 0.15) is 13.3 Å². The number of ether oxygens (including phenoxy) is 3. The smallest absolute Gasteiger partial charge is 0.308 e. The van der Waals surface area contributed by atoms with Crippen LogP contribution in [0, 0.1) is 0 Å². The van der Waals surface area contributed by atoms with Crippen molar-refractivity contribution in [1.82, 2.24) is 5.32 Å². The molecule has 1 N–H and O–H groups in total. The van der Waals surface area contributed by atoms with Gasteiger partial charge in [-0.1, -0.05) is 12.1 Å². The molecule has 1 aromatic rings. The highest BCUT2D eigenvalue weighted by Gasteiger charge is 2.26. The van der Waals surface area contributed by atoms with E-state index in [4.69, 9.17) is 14.2 Å². The number of fused-ring (bicyclic) bond motifs is 1. The van der Waals surface area contributed by atoms with Gasteiger partial charge in [0.15, 0.2) is 12.7 Å². The van der Waals surface area contributed by atoms with Gasteiger partial charge >= 0.3 is 5.97 Å². The molecule has 0 radical (unpaired) electrons. The first kappa shape index (κ1) is 18.7. The second-order valence-corrected chi connectivity index (χ2v) is 5.47. The molecule has 2 amide bonds. The number of rotatable bonds is 8. The molecule has 1 atom stereocenters. The van der Waals surface area contributed by atoms with Crippen molar-refractivity contribution in [2.24, 2.45) is 0 Å². The Kier molecular flexibility index (Phi) is 6.76. The zero-order chi connectivity index (χ0) is 18.2. The third-order valence-electron chi connectivity index (χ3n) is 3.63. The Labute approximate surface area is 146 Å². The lowest BCUT2D eigenvalue weighted by Crippen LogP contribution is -2.41. The van der Waals surface area contributed by atoms with Crippen LogP contribution in [-0.4, -0.2) is 57.3 Å². The molecule has 0 fully saturated rings. The Bertz CT molecular complexity index is 633. The Morgan fingerprint density at radius 3 is 2.88 bits per heavy atom. The molecule has 1 aliphatic heterocycles. The maximum Gasteiger partial charge on any atom is 0.308 e. The molecule has 1 heterocycles. The maximum atomic E-state index is 12.0. The summed E-state index contributed by atoms with van der Waals surface area (Å²) >= 11 is 0. The van der Waals surface area contributed by atoms with Crippen molar-refractivity contribution in [3.8, 4) is 5.75 Å². The molecular weight excluding hydrogens is 328 g/mol. The normalized spacial score (nSPS) is 14.3. The van der Waals surface area contributed by atoms with Crippen LogP contribution >= 0.6 is 0 Å². The number of amides is 2. The number of carbonyl (C=O) groups is 3. The Morgan fingerprint density at radius 2 is 2.12 bits per heavy atom. The van der Waals surface area contributed by atoms with E-state index in [0.29, 0.717) is 24.6 Å². The first-order valence-electron chi connectivity index (χ1n) is 8.01. The van der Waals surface area contributed by atoms with Crippen LogP contribution in [0.4, 0.5) is 5.69 Å². The van der Waals surface area contributed by atoms with Crippen molar-refractivity contribution >= 4 is 23.5 Å². The van der Waals surface area contributed by atoms with Crippen LogP contribution in [-0.2, 0) is 23.9 Å². The van der Waals surface area contributed by atoms with Gasteiger partial charge in [-0.3, -0.25) is 14.4 Å². The number of carbonyl (C=O) groups excluding carboxylic acids is 3. The van der Waals surface area contributed by atoms with Gasteiger partial charge in [0.2, 0.25) is 0 Å². The largest absolute Gasteiger partial charge is 0.482 e. The number of methoxy groups -OCH3 is 1. The summed E-state index contributed by atoms with van der Waals surface area (Å²) in [6, 6.07) is 7.12. The summed E-state index contributed by atoms with van der Waals surface area (Å²) in [5, 5.41) is 2.59. The number of benzene rings is 1. The van der Waals surface area contributed by atoms with Crippen molar-refractivity contribution < 1.29 is 28.6 Å². The van der Waals surface area contributed by atoms with Crippen molar-refractivity contribution in [2.45, 2.75) is 19.4 Å². The molecule has 0 saturated carbocycles. The summed E-state index contributed by atoms with van der Waals surface area (Å²) < 4.78 is 15.3. The first-order chi connectivity index (χ1) is 12.0. The fourth-order valence-corrected chi connectivity index (χ4v) is 2.33. The summed E-state index contributed by atoms with van der Waals surface area (Å²) in [7, 11) is 1.53. The minimum Gasteiger partial charge on any atom is -0.482 e. The van der Waals surface area contributed by atoms with Crippen LogP contribution in [0.2, 0.25) is 0 Å². The number of nitrogens with zero attached hydrogens (tertiary/aromatic N) is 1. The van der Waals surface area contributed by atoms with Gasteiger partial charge in [0.25, 0.3) is 11.8 Å². The minimum absolute atomic E-state index is 0.0181. The number of hydrogen-bond donors (Lipinski definition) is 1. The fraction of sp³-hybridized carbons (Fsp3) is 0.471. The van der Waals surface area contributed by atoms with Gasteiger partial charge in [-0.2, -0.15) is 0 Å². The Balaban J connectivity index is 1.83. The topological polar surface area (TPSA) is 94.2 Å². The van der Waals surface area contributed by atoms with Gasteiger partial charge in [-0.05, 0) is 19.1 Å². The molecule has 0 aliphatic carbocycles. The minimum atomic E-state index is -0.906. The Hall–Kier alpha value is -2.61. The molecule has 136 valence electrons. The third-order valence-corrected chi connectivity index (χ3v) is 3.63. The standard InChI is InChI=1S/C17H22N2O6/c1-12(17(22)18-8-10-23-2)25-16(21)7-9-19-13-5-3-4-6-14(13)24-11-15(19)20/h3-6,12H,7-11H2,1-2H3,(H,18,22)/t12-/m0/s1. The molecule has 2 rings (SSSR count). The van der Waals surface area contributed by atoms with Crippen LogP contribution < -0.4 is 15.0 Å². The van der Waals surface area contributed by atoms with Crippen molar-refractivity contribution in [3.05, 3.63) is 24.3 Å². The van der Waals surface area contributed by atoms with E-state index >= 15 is 0 Å². The average molecular weight is 350 g/mol. The molecule has 1 aliphatic rings. The first-order valence-corrected chi connectivity index (χ1v) is 8.01. The fourth-order valence-electron chi connectivity index (χ4n) is 2.33. The van der Waals surface area contributed by atoms with Gasteiger partial charge in [0.1, 0.15) is 5.75 Å². The highest BCUT2D eigenvalue weighted by molar-refractivity contribution is 5.98. The van der Waals surface area contributed by atoms with Crippen LogP contribution in [0.25, 0.3) is 0 Å². The van der Waals surface area contributed by atoms with E-state index in [9.17, 15) is 14.4 Å². The van der Waals surface area contributed by atoms with E-state index in [2.05, 4.69) is 5.32 Å². The van der Waals surface area contributed by atoms with Crippen molar-refractivity contribution in [2.75, 3.05) is 38.3 Å². The van der Waals surface area contributed by atoms with E-state index in [1.165, 1.54) is 18.9 Å². The van der Waals surface area contributed by atoms with Gasteiger partial charge in [0.05, 0.1) is 18.7 Å². The summed E-state index contributed by atoms with van der Waals surface area (Å²) in [6.45, 7) is 2.32. The zero-order valence-electron chi connectivity index (χ0n) is 14.3. The van der Waals surface area contributed by atoms with E-state index in [0.717, 1.165) is 0 Å². The predicted octanol–water partition coefficient (Wildman–Crippen LogP) is 0.496. The molecule has 25 heavy (non-hydrogen) atoms. The predicted molar refractivity (Wildman–Crippen MR) is 89.3 cm³/mol. The molecule has 0 unspecified atom stereocenters. The van der Waals surface area contributed by atoms with Crippen LogP contribution in [0.5, 0.6) is 5.75 Å². The maximum absolute atomic E-state index is 12.0. The molecule has 1 aromatic carbocycles. The van der Waals surface area contributed by atoms with E-state index in [1.807, 2.05) is 6.07 Å². The van der Waals surface area contributed by atoms with Crippen molar-refractivity contribution in [1.29, 1.82) is 0 Å². The van der Waals surface area contributed by atoms with Crippen LogP contribution in [0.3, 0.4) is 0 Å². The quantitative estimate of drug-likeness (QED) is 0.542. The molecule has 0 aromatic heterocycles. The third kappa shape index (κ3) is 5.18. The SMILES string of the molecule is COCCNC(=O)[C@H](C)OC(=O)CCN1C(=O)COc2ccccc21. The van der Waals surface area contributed by atoms with Gasteiger partial charge < -0.3 is 24.4 Å². The van der Waals surface area contributed by atoms with Crippen LogP contribution in [0.15, 0.2) is 24.3 Å². The van der Waals surface area contributed by atoms with Crippen molar-refractivity contribution in [3.63, 3.8) is 0 Å². The molecule has 0 saturated heterocycles. The summed E-state index contributed by atoms with van der Waals surface area (Å²) in [5.74, 6) is -0.567. The molecule has 0 bridgehead atoms. The highest BCUT2D eigenvalue weighted by atomic mass is 16.5. The van der Waals surface area contributed by atoms with E-state index in [1.54, 1.807) is 18.2 Å². The van der Waals surface area contributed by atoms with Gasteiger partial charge in [-0.25, -0.2) is 0 Å². The lowest BCUT2D eigenvalue weighted by atomic mass is 10.2. The summed E-state index contributed by atoms with van der Waals surface area (Å²) in [4.78, 5) is 37.2. The lowest BCUT2D eigenvalue weighted by Gasteiger charge is -2.29. The summed E-state index contributed by atoms with van der Waals surface area (Å²) in [5.41, 5.74) is 0.622. The number of anilines is 1. The van der Waals surface area contributed by atoms with E-state index in [-0.39, 0.29) is 25.5 Å². The highest BCUT2D eigenvalue weighted by Crippen LogP contribution is 2.31. The number of para-hydroxylation sites is 2.